The van der Waals surface area contributed by atoms with Gasteiger partial charge in [-0.2, -0.15) is 0 Å². The Labute approximate surface area is 86.0 Å². The van der Waals surface area contributed by atoms with E-state index in [9.17, 15) is 4.79 Å². The SMILES string of the molecule is CC(=O)OC1CCCCCCC12CC2. The van der Waals surface area contributed by atoms with E-state index in [4.69, 9.17) is 4.74 Å². The minimum absolute atomic E-state index is 0.0955. The van der Waals surface area contributed by atoms with Crippen LogP contribution in [-0.4, -0.2) is 12.1 Å². The second-order valence-corrected chi connectivity index (χ2v) is 4.91. The van der Waals surface area contributed by atoms with Crippen LogP contribution in [-0.2, 0) is 9.53 Å². The Bertz CT molecular complexity index is 218. The maximum absolute atomic E-state index is 11.0. The maximum Gasteiger partial charge on any atom is 0.302 e. The summed E-state index contributed by atoms with van der Waals surface area (Å²) < 4.78 is 5.47. The van der Waals surface area contributed by atoms with Gasteiger partial charge in [-0.1, -0.05) is 19.3 Å². The molecule has 0 aliphatic heterocycles. The molecular weight excluding hydrogens is 176 g/mol. The average Bonchev–Trinajstić information content (AvgIpc) is 2.86. The highest BCUT2D eigenvalue weighted by atomic mass is 16.5. The molecule has 2 fully saturated rings. The van der Waals surface area contributed by atoms with E-state index >= 15 is 0 Å². The number of esters is 1. The number of carbonyl (C=O) groups is 1. The van der Waals surface area contributed by atoms with Crippen LogP contribution in [0.1, 0.15) is 58.3 Å². The minimum atomic E-state index is -0.0955. The molecule has 1 unspecified atom stereocenters. The molecule has 0 aromatic carbocycles. The van der Waals surface area contributed by atoms with Gasteiger partial charge in [0, 0.05) is 12.3 Å². The molecule has 0 aromatic rings. The predicted molar refractivity (Wildman–Crippen MR) is 54.9 cm³/mol. The predicted octanol–water partition coefficient (Wildman–Crippen LogP) is 3.05. The van der Waals surface area contributed by atoms with Crippen LogP contribution in [0.2, 0.25) is 0 Å². The summed E-state index contributed by atoms with van der Waals surface area (Å²) in [4.78, 5) is 11.0. The summed E-state index contributed by atoms with van der Waals surface area (Å²) in [5.41, 5.74) is 0.409. The van der Waals surface area contributed by atoms with Gasteiger partial charge >= 0.3 is 5.97 Å². The van der Waals surface area contributed by atoms with Crippen LogP contribution in [0.5, 0.6) is 0 Å². The molecule has 1 spiro atoms. The van der Waals surface area contributed by atoms with Gasteiger partial charge in [0.15, 0.2) is 0 Å². The van der Waals surface area contributed by atoms with E-state index in [-0.39, 0.29) is 12.1 Å². The molecular formula is C12H20O2. The normalized spacial score (nSPS) is 30.5. The van der Waals surface area contributed by atoms with Gasteiger partial charge in [-0.15, -0.1) is 0 Å². The molecule has 0 amide bonds. The number of hydrogen-bond acceptors (Lipinski definition) is 2. The zero-order chi connectivity index (χ0) is 10.0. The van der Waals surface area contributed by atoms with Crippen LogP contribution in [0.15, 0.2) is 0 Å². The molecule has 0 bridgehead atoms. The van der Waals surface area contributed by atoms with E-state index in [2.05, 4.69) is 0 Å². The second kappa shape index (κ2) is 3.92. The van der Waals surface area contributed by atoms with Gasteiger partial charge < -0.3 is 4.74 Å². The van der Waals surface area contributed by atoms with E-state index in [1.165, 1.54) is 51.9 Å². The first kappa shape index (κ1) is 10.0. The summed E-state index contributed by atoms with van der Waals surface area (Å²) in [6, 6.07) is 0. The van der Waals surface area contributed by atoms with Crippen LogP contribution < -0.4 is 0 Å². The van der Waals surface area contributed by atoms with Crippen molar-refractivity contribution in [1.29, 1.82) is 0 Å². The first-order valence-electron chi connectivity index (χ1n) is 5.90. The molecule has 2 aliphatic rings. The van der Waals surface area contributed by atoms with Crippen molar-refractivity contribution in [3.8, 4) is 0 Å². The summed E-state index contributed by atoms with van der Waals surface area (Å²) in [7, 11) is 0. The first-order valence-corrected chi connectivity index (χ1v) is 5.90. The van der Waals surface area contributed by atoms with Crippen molar-refractivity contribution in [3.63, 3.8) is 0 Å². The lowest BCUT2D eigenvalue weighted by Gasteiger charge is -2.28. The highest BCUT2D eigenvalue weighted by Crippen LogP contribution is 2.55. The molecule has 0 N–H and O–H groups in total. The van der Waals surface area contributed by atoms with Crippen LogP contribution in [0.3, 0.4) is 0 Å². The van der Waals surface area contributed by atoms with Crippen molar-refractivity contribution in [1.82, 2.24) is 0 Å². The third-order valence-corrected chi connectivity index (χ3v) is 3.77. The summed E-state index contributed by atoms with van der Waals surface area (Å²) >= 11 is 0. The lowest BCUT2D eigenvalue weighted by atomic mass is 9.86. The van der Waals surface area contributed by atoms with Gasteiger partial charge in [0.1, 0.15) is 6.10 Å². The molecule has 2 rings (SSSR count). The Kier molecular flexibility index (Phi) is 2.80. The summed E-state index contributed by atoms with van der Waals surface area (Å²) in [6.07, 6.45) is 10.4. The maximum atomic E-state index is 11.0. The van der Waals surface area contributed by atoms with E-state index in [1.54, 1.807) is 0 Å². The second-order valence-electron chi connectivity index (χ2n) is 4.91. The monoisotopic (exact) mass is 196 g/mol. The highest BCUT2D eigenvalue weighted by molar-refractivity contribution is 5.66. The van der Waals surface area contributed by atoms with Crippen molar-refractivity contribution in [3.05, 3.63) is 0 Å². The Hall–Kier alpha value is -0.530. The van der Waals surface area contributed by atoms with Crippen LogP contribution in [0, 0.1) is 5.41 Å². The van der Waals surface area contributed by atoms with Crippen LogP contribution in [0.4, 0.5) is 0 Å². The van der Waals surface area contributed by atoms with Gasteiger partial charge in [0.05, 0.1) is 0 Å². The molecule has 0 radical (unpaired) electrons. The van der Waals surface area contributed by atoms with Crippen LogP contribution >= 0.6 is 0 Å². The first-order chi connectivity index (χ1) is 6.73. The number of rotatable bonds is 1. The van der Waals surface area contributed by atoms with Crippen molar-refractivity contribution < 1.29 is 9.53 Å². The van der Waals surface area contributed by atoms with E-state index < -0.39 is 0 Å². The van der Waals surface area contributed by atoms with E-state index in [0.717, 1.165) is 6.42 Å². The van der Waals surface area contributed by atoms with Gasteiger partial charge in [0.25, 0.3) is 0 Å². The lowest BCUT2D eigenvalue weighted by molar-refractivity contribution is -0.151. The highest BCUT2D eigenvalue weighted by Gasteiger charge is 2.50. The quantitative estimate of drug-likeness (QED) is 0.602. The zero-order valence-electron chi connectivity index (χ0n) is 9.05. The molecule has 2 heteroatoms. The number of hydrogen-bond donors (Lipinski definition) is 0. The average molecular weight is 196 g/mol. The van der Waals surface area contributed by atoms with Crippen molar-refractivity contribution >= 4 is 5.97 Å². The number of ether oxygens (including phenoxy) is 1. The molecule has 80 valence electrons. The summed E-state index contributed by atoms with van der Waals surface area (Å²) in [5, 5.41) is 0. The minimum Gasteiger partial charge on any atom is -0.462 e. The molecule has 0 heterocycles. The topological polar surface area (TPSA) is 26.3 Å². The number of carbonyl (C=O) groups excluding carboxylic acids is 1. The molecule has 0 aromatic heterocycles. The van der Waals surface area contributed by atoms with Gasteiger partial charge in [-0.25, -0.2) is 0 Å². The Morgan fingerprint density at radius 2 is 1.86 bits per heavy atom. The van der Waals surface area contributed by atoms with Gasteiger partial charge in [-0.05, 0) is 32.1 Å². The molecule has 2 saturated carbocycles. The van der Waals surface area contributed by atoms with Crippen molar-refractivity contribution in [2.75, 3.05) is 0 Å². The largest absolute Gasteiger partial charge is 0.462 e. The molecule has 2 aliphatic carbocycles. The Morgan fingerprint density at radius 3 is 2.50 bits per heavy atom. The molecule has 2 nitrogen and oxygen atoms in total. The smallest absolute Gasteiger partial charge is 0.302 e. The fourth-order valence-electron chi connectivity index (χ4n) is 2.74. The molecule has 1 atom stereocenters. The summed E-state index contributed by atoms with van der Waals surface area (Å²) in [6.45, 7) is 1.54. The summed E-state index contributed by atoms with van der Waals surface area (Å²) in [5.74, 6) is -0.0955. The van der Waals surface area contributed by atoms with Crippen molar-refractivity contribution in [2.45, 2.75) is 64.4 Å². The third-order valence-electron chi connectivity index (χ3n) is 3.77. The fourth-order valence-corrected chi connectivity index (χ4v) is 2.74. The Balaban J connectivity index is 1.98. The van der Waals surface area contributed by atoms with Gasteiger partial charge in [0.2, 0.25) is 0 Å². The fraction of sp³-hybridized carbons (Fsp3) is 0.917. The molecule has 14 heavy (non-hydrogen) atoms. The van der Waals surface area contributed by atoms with E-state index in [0.29, 0.717) is 5.41 Å². The standard InChI is InChI=1S/C12H20O2/c1-10(13)14-11-6-4-2-3-5-7-12(11)8-9-12/h11H,2-9H2,1H3. The third kappa shape index (κ3) is 2.10. The zero-order valence-corrected chi connectivity index (χ0v) is 9.05. The van der Waals surface area contributed by atoms with Gasteiger partial charge in [-0.3, -0.25) is 4.79 Å². The lowest BCUT2D eigenvalue weighted by Crippen LogP contribution is -2.28. The molecule has 0 saturated heterocycles. The van der Waals surface area contributed by atoms with Crippen molar-refractivity contribution in [2.24, 2.45) is 5.41 Å². The van der Waals surface area contributed by atoms with Crippen LogP contribution in [0.25, 0.3) is 0 Å². The van der Waals surface area contributed by atoms with E-state index in [1.807, 2.05) is 0 Å². The Morgan fingerprint density at radius 1 is 1.14 bits per heavy atom.